The van der Waals surface area contributed by atoms with Gasteiger partial charge in [0.1, 0.15) is 17.2 Å². The number of carbonyl (C=O) groups is 1. The molecule has 148 valence electrons. The number of aromatic nitrogens is 2. The van der Waals surface area contributed by atoms with E-state index in [9.17, 15) is 4.79 Å². The lowest BCUT2D eigenvalue weighted by atomic mass is 10.0. The van der Waals surface area contributed by atoms with Crippen LogP contribution in [0.4, 0.5) is 0 Å². The van der Waals surface area contributed by atoms with E-state index in [1.165, 1.54) is 0 Å². The van der Waals surface area contributed by atoms with Crippen LogP contribution in [0.15, 0.2) is 46.9 Å². The number of hydrogen-bond acceptors (Lipinski definition) is 5. The number of aromatic amines is 1. The van der Waals surface area contributed by atoms with Gasteiger partial charge >= 0.3 is 0 Å². The average Bonchev–Trinajstić information content (AvgIpc) is 3.36. The molecular formula is C20H23ClN4O3. The number of aryl methyl sites for hydroxylation is 1. The molecule has 0 saturated carbocycles. The number of ether oxygens (including phenoxy) is 1. The van der Waals surface area contributed by atoms with Gasteiger partial charge in [0.25, 0.3) is 5.91 Å². The second kappa shape index (κ2) is 8.50. The van der Waals surface area contributed by atoms with Crippen LogP contribution in [0.5, 0.6) is 5.75 Å². The quantitative estimate of drug-likeness (QED) is 0.700. The molecule has 3 aromatic rings. The predicted molar refractivity (Wildman–Crippen MR) is 108 cm³/mol. The van der Waals surface area contributed by atoms with Gasteiger partial charge in [-0.3, -0.25) is 9.89 Å². The van der Waals surface area contributed by atoms with Crippen molar-refractivity contribution < 1.29 is 13.9 Å². The van der Waals surface area contributed by atoms with E-state index in [1.54, 1.807) is 13.2 Å². The second-order valence-corrected chi connectivity index (χ2v) is 6.54. The topological polar surface area (TPSA) is 83.4 Å². The van der Waals surface area contributed by atoms with Crippen LogP contribution >= 0.6 is 12.4 Å². The molecule has 4 rings (SSSR count). The molecule has 0 radical (unpaired) electrons. The molecule has 0 spiro atoms. The van der Waals surface area contributed by atoms with Crippen LogP contribution < -0.4 is 10.1 Å². The smallest absolute Gasteiger partial charge is 0.274 e. The Morgan fingerprint density at radius 1 is 1.29 bits per heavy atom. The van der Waals surface area contributed by atoms with E-state index in [4.69, 9.17) is 9.15 Å². The first kappa shape index (κ1) is 20.0. The second-order valence-electron chi connectivity index (χ2n) is 6.54. The number of para-hydroxylation sites is 1. The van der Waals surface area contributed by atoms with E-state index >= 15 is 0 Å². The van der Waals surface area contributed by atoms with Gasteiger partial charge in [-0.15, -0.1) is 12.4 Å². The maximum absolute atomic E-state index is 13.2. The molecule has 1 aromatic carbocycles. The van der Waals surface area contributed by atoms with Crippen LogP contribution in [0.3, 0.4) is 0 Å². The average molecular weight is 403 g/mol. The highest BCUT2D eigenvalue weighted by atomic mass is 35.5. The number of nitrogens with one attached hydrogen (secondary N) is 2. The lowest BCUT2D eigenvalue weighted by Crippen LogP contribution is -2.48. The maximum atomic E-state index is 13.2. The van der Waals surface area contributed by atoms with Gasteiger partial charge in [-0.25, -0.2) is 0 Å². The molecule has 2 N–H and O–H groups in total. The Labute approximate surface area is 169 Å². The van der Waals surface area contributed by atoms with Crippen molar-refractivity contribution in [3.63, 3.8) is 0 Å². The van der Waals surface area contributed by atoms with E-state index in [-0.39, 0.29) is 24.4 Å². The Hall–Kier alpha value is -2.77. The van der Waals surface area contributed by atoms with Crippen molar-refractivity contribution in [2.24, 2.45) is 0 Å². The fourth-order valence-electron chi connectivity index (χ4n) is 3.45. The Morgan fingerprint density at radius 3 is 2.86 bits per heavy atom. The molecule has 1 saturated heterocycles. The number of methoxy groups -OCH3 is 1. The first-order chi connectivity index (χ1) is 13.2. The molecule has 28 heavy (non-hydrogen) atoms. The van der Waals surface area contributed by atoms with Gasteiger partial charge in [-0.05, 0) is 25.1 Å². The zero-order chi connectivity index (χ0) is 18.8. The van der Waals surface area contributed by atoms with Crippen molar-refractivity contribution in [3.05, 3.63) is 59.5 Å². The van der Waals surface area contributed by atoms with Gasteiger partial charge < -0.3 is 19.4 Å². The highest BCUT2D eigenvalue weighted by Crippen LogP contribution is 2.31. The minimum atomic E-state index is -0.117. The van der Waals surface area contributed by atoms with Gasteiger partial charge in [-0.2, -0.15) is 5.10 Å². The zero-order valence-corrected chi connectivity index (χ0v) is 16.6. The molecule has 8 heteroatoms. The SMILES string of the molecule is COc1ccccc1C1CNCCN1C(=O)c1cc(-c2ccc(C)o2)[nH]n1.Cl. The third-order valence-corrected chi connectivity index (χ3v) is 4.80. The van der Waals surface area contributed by atoms with Crippen molar-refractivity contribution in [1.82, 2.24) is 20.4 Å². The van der Waals surface area contributed by atoms with Crippen LogP contribution in [0.25, 0.3) is 11.5 Å². The Kier molecular flexibility index (Phi) is 6.06. The summed E-state index contributed by atoms with van der Waals surface area (Å²) in [5, 5.41) is 10.5. The maximum Gasteiger partial charge on any atom is 0.274 e. The van der Waals surface area contributed by atoms with Gasteiger partial charge in [0.2, 0.25) is 0 Å². The summed E-state index contributed by atoms with van der Waals surface area (Å²) in [6, 6.07) is 13.2. The summed E-state index contributed by atoms with van der Waals surface area (Å²) in [6.07, 6.45) is 0. The number of amides is 1. The van der Waals surface area contributed by atoms with Crippen LogP contribution in [0, 0.1) is 6.92 Å². The minimum Gasteiger partial charge on any atom is -0.496 e. The zero-order valence-electron chi connectivity index (χ0n) is 15.8. The number of nitrogens with zero attached hydrogens (tertiary/aromatic N) is 2. The first-order valence-corrected chi connectivity index (χ1v) is 8.94. The minimum absolute atomic E-state index is 0. The van der Waals surface area contributed by atoms with Crippen LogP contribution in [-0.4, -0.2) is 47.7 Å². The molecule has 1 aliphatic heterocycles. The summed E-state index contributed by atoms with van der Waals surface area (Å²) in [5.74, 6) is 2.14. The number of carbonyl (C=O) groups excluding carboxylic acids is 1. The van der Waals surface area contributed by atoms with Gasteiger partial charge in [-0.1, -0.05) is 18.2 Å². The molecule has 0 aliphatic carbocycles. The number of piperazine rings is 1. The molecule has 1 aliphatic rings. The number of rotatable bonds is 4. The Morgan fingerprint density at radius 2 is 2.11 bits per heavy atom. The summed E-state index contributed by atoms with van der Waals surface area (Å²) in [4.78, 5) is 15.0. The number of furan rings is 1. The lowest BCUT2D eigenvalue weighted by molar-refractivity contribution is 0.0625. The van der Waals surface area contributed by atoms with Crippen LogP contribution in [0.2, 0.25) is 0 Å². The number of halogens is 1. The summed E-state index contributed by atoms with van der Waals surface area (Å²) >= 11 is 0. The Balaban J connectivity index is 0.00000225. The fourth-order valence-corrected chi connectivity index (χ4v) is 3.45. The predicted octanol–water partition coefficient (Wildman–Crippen LogP) is 3.20. The van der Waals surface area contributed by atoms with E-state index in [0.29, 0.717) is 30.2 Å². The monoisotopic (exact) mass is 402 g/mol. The molecule has 0 bridgehead atoms. The van der Waals surface area contributed by atoms with Gasteiger partial charge in [0.05, 0.1) is 13.2 Å². The lowest BCUT2D eigenvalue weighted by Gasteiger charge is -2.36. The van der Waals surface area contributed by atoms with Crippen molar-refractivity contribution in [1.29, 1.82) is 0 Å². The molecule has 2 aromatic heterocycles. The molecule has 7 nitrogen and oxygen atoms in total. The number of benzene rings is 1. The molecule has 1 fully saturated rings. The van der Waals surface area contributed by atoms with E-state index < -0.39 is 0 Å². The van der Waals surface area contributed by atoms with Crippen LogP contribution in [-0.2, 0) is 0 Å². The van der Waals surface area contributed by atoms with Crippen LogP contribution in [0.1, 0.15) is 27.9 Å². The molecule has 3 heterocycles. The molecular weight excluding hydrogens is 380 g/mol. The van der Waals surface area contributed by atoms with Crippen molar-refractivity contribution in [2.45, 2.75) is 13.0 Å². The standard InChI is InChI=1S/C20H22N4O3.ClH/c1-13-7-8-19(27-13)15-11-16(23-22-15)20(25)24-10-9-21-12-17(24)14-5-3-4-6-18(14)26-2;/h3-8,11,17,21H,9-10,12H2,1-2H3,(H,22,23);1H. The largest absolute Gasteiger partial charge is 0.496 e. The van der Waals surface area contributed by atoms with Crippen molar-refractivity contribution >= 4 is 18.3 Å². The van der Waals surface area contributed by atoms with E-state index in [1.807, 2.05) is 48.2 Å². The van der Waals surface area contributed by atoms with Gasteiger partial charge in [0.15, 0.2) is 11.5 Å². The first-order valence-electron chi connectivity index (χ1n) is 8.94. The molecule has 1 atom stereocenters. The van der Waals surface area contributed by atoms with Crippen molar-refractivity contribution in [3.8, 4) is 17.2 Å². The van der Waals surface area contributed by atoms with E-state index in [2.05, 4.69) is 15.5 Å². The third kappa shape index (κ3) is 3.76. The summed E-state index contributed by atoms with van der Waals surface area (Å²) < 4.78 is 11.1. The number of hydrogen-bond donors (Lipinski definition) is 2. The van der Waals surface area contributed by atoms with E-state index in [0.717, 1.165) is 23.6 Å². The normalized spacial score (nSPS) is 16.5. The molecule has 1 unspecified atom stereocenters. The third-order valence-electron chi connectivity index (χ3n) is 4.80. The molecule has 1 amide bonds. The Bertz CT molecular complexity index is 952. The summed E-state index contributed by atoms with van der Waals surface area (Å²) in [6.45, 7) is 3.89. The highest BCUT2D eigenvalue weighted by molar-refractivity contribution is 5.93. The summed E-state index contributed by atoms with van der Waals surface area (Å²) in [5.41, 5.74) is 2.05. The van der Waals surface area contributed by atoms with Crippen molar-refractivity contribution in [2.75, 3.05) is 26.7 Å². The summed E-state index contributed by atoms with van der Waals surface area (Å²) in [7, 11) is 1.65. The number of H-pyrrole nitrogens is 1. The highest BCUT2D eigenvalue weighted by Gasteiger charge is 2.31. The van der Waals surface area contributed by atoms with Gasteiger partial charge in [0, 0.05) is 31.3 Å². The fraction of sp³-hybridized carbons (Fsp3) is 0.300.